The van der Waals surface area contributed by atoms with Crippen molar-refractivity contribution in [3.05, 3.63) is 237 Å². The van der Waals surface area contributed by atoms with Gasteiger partial charge in [-0.15, -0.1) is 22.7 Å². The van der Waals surface area contributed by atoms with Crippen LogP contribution in [0.2, 0.25) is 0 Å². The predicted octanol–water partition coefficient (Wildman–Crippen LogP) is 19.0. The zero-order valence-corrected chi connectivity index (χ0v) is 39.8. The molecule has 16 rings (SSSR count). The highest BCUT2D eigenvalue weighted by Crippen LogP contribution is 2.47. The number of thiophene rings is 2. The van der Waals surface area contributed by atoms with Gasteiger partial charge in [0.25, 0.3) is 0 Å². The lowest BCUT2D eigenvalue weighted by Gasteiger charge is -2.12. The monoisotopic (exact) mass is 937 g/mol. The van der Waals surface area contributed by atoms with E-state index in [4.69, 9.17) is 0 Å². The third-order valence-corrected chi connectivity index (χ3v) is 17.5. The second-order valence-electron chi connectivity index (χ2n) is 18.7. The zero-order chi connectivity index (χ0) is 46.3. The van der Waals surface area contributed by atoms with Crippen LogP contribution in [0.5, 0.6) is 0 Å². The van der Waals surface area contributed by atoms with Gasteiger partial charge in [-0.1, -0.05) is 164 Å². The Labute approximate surface area is 415 Å². The molecule has 330 valence electrons. The molecule has 0 atom stereocenters. The number of fused-ring (bicyclic) bond motifs is 17. The molecule has 0 amide bonds. The van der Waals surface area contributed by atoms with Crippen molar-refractivity contribution in [2.24, 2.45) is 0 Å². The van der Waals surface area contributed by atoms with E-state index in [2.05, 4.69) is 250 Å². The number of para-hydroxylation sites is 3. The van der Waals surface area contributed by atoms with Gasteiger partial charge in [0.15, 0.2) is 0 Å². The number of aromatic nitrogens is 3. The second kappa shape index (κ2) is 14.9. The van der Waals surface area contributed by atoms with E-state index in [1.807, 2.05) is 22.7 Å². The van der Waals surface area contributed by atoms with Crippen LogP contribution in [0.3, 0.4) is 0 Å². The van der Waals surface area contributed by atoms with E-state index in [9.17, 15) is 0 Å². The molecule has 71 heavy (non-hydrogen) atoms. The molecule has 0 aliphatic rings. The van der Waals surface area contributed by atoms with Gasteiger partial charge < -0.3 is 13.7 Å². The first kappa shape index (κ1) is 39.1. The third kappa shape index (κ3) is 5.53. The summed E-state index contributed by atoms with van der Waals surface area (Å²) in [4.78, 5) is 0. The first-order chi connectivity index (χ1) is 35.2. The summed E-state index contributed by atoms with van der Waals surface area (Å²) in [6.07, 6.45) is 0. The summed E-state index contributed by atoms with van der Waals surface area (Å²) in [5.41, 5.74) is 15.6. The summed E-state index contributed by atoms with van der Waals surface area (Å²) in [6.45, 7) is 0. The summed E-state index contributed by atoms with van der Waals surface area (Å²) in [5.74, 6) is 0. The van der Waals surface area contributed by atoms with Gasteiger partial charge in [0.05, 0.1) is 33.1 Å². The Bertz CT molecular complexity index is 4560. The molecule has 5 aromatic heterocycles. The van der Waals surface area contributed by atoms with Crippen LogP contribution in [-0.4, -0.2) is 13.7 Å². The van der Waals surface area contributed by atoms with Gasteiger partial charge in [-0.2, -0.15) is 0 Å². The molecule has 0 saturated carbocycles. The fourth-order valence-corrected chi connectivity index (χ4v) is 14.5. The molecule has 11 aromatic carbocycles. The molecule has 0 radical (unpaired) electrons. The Morgan fingerprint density at radius 2 is 0.634 bits per heavy atom. The Balaban J connectivity index is 0.914. The van der Waals surface area contributed by atoms with Crippen LogP contribution in [-0.2, 0) is 0 Å². The standard InChI is InChI=1S/C66H39N3S2/c1-2-14-42(15-3-1)69-63-49(36-38-57-61(63)53-18-4-8-24-55(53)67(57)43-32-28-40(29-33-43)45-20-12-22-51-47-16-6-10-26-59(47)70-65(45)51)50-37-39-58-62(64(50)69)54-19-5-9-25-56(54)68(58)44-34-30-41(31-35-44)46-21-13-23-52-48-17-7-11-27-60(48)71-66(46)52/h1-39H. The highest BCUT2D eigenvalue weighted by molar-refractivity contribution is 7.26. The van der Waals surface area contributed by atoms with Crippen molar-refractivity contribution in [3.8, 4) is 39.3 Å². The summed E-state index contributed by atoms with van der Waals surface area (Å²) in [6, 6.07) is 87.8. The van der Waals surface area contributed by atoms with Crippen LogP contribution in [0.25, 0.3) is 145 Å². The summed E-state index contributed by atoms with van der Waals surface area (Å²) in [5, 5.41) is 12.7. The molecule has 3 nitrogen and oxygen atoms in total. The lowest BCUT2D eigenvalue weighted by Crippen LogP contribution is -1.96. The van der Waals surface area contributed by atoms with Crippen molar-refractivity contribution in [1.82, 2.24) is 13.7 Å². The third-order valence-electron chi connectivity index (χ3n) is 15.1. The van der Waals surface area contributed by atoms with Crippen LogP contribution < -0.4 is 0 Å². The Morgan fingerprint density at radius 1 is 0.239 bits per heavy atom. The fraction of sp³-hybridized carbons (Fsp3) is 0. The van der Waals surface area contributed by atoms with Gasteiger partial charge in [0.2, 0.25) is 0 Å². The minimum absolute atomic E-state index is 1.14. The number of hydrogen-bond acceptors (Lipinski definition) is 2. The largest absolute Gasteiger partial charge is 0.309 e. The second-order valence-corrected chi connectivity index (χ2v) is 20.8. The van der Waals surface area contributed by atoms with E-state index in [1.54, 1.807) is 0 Å². The molecule has 0 unspecified atom stereocenters. The van der Waals surface area contributed by atoms with E-state index in [-0.39, 0.29) is 0 Å². The Morgan fingerprint density at radius 3 is 1.11 bits per heavy atom. The van der Waals surface area contributed by atoms with Crippen molar-refractivity contribution in [2.45, 2.75) is 0 Å². The minimum Gasteiger partial charge on any atom is -0.309 e. The molecule has 5 heterocycles. The molecular weight excluding hydrogens is 899 g/mol. The van der Waals surface area contributed by atoms with Gasteiger partial charge >= 0.3 is 0 Å². The normalized spacial score (nSPS) is 12.2. The van der Waals surface area contributed by atoms with Crippen molar-refractivity contribution in [3.63, 3.8) is 0 Å². The van der Waals surface area contributed by atoms with Gasteiger partial charge in [-0.05, 0) is 95.1 Å². The SMILES string of the molecule is c1ccc(-n2c3c(ccc4c3c3ccccc3n4-c3ccc(-c4cccc5c4sc4ccccc45)cc3)c3ccc4c(c5ccccc5n4-c4ccc(-c5cccc6c5sc5ccccc56)cc4)c32)cc1. The van der Waals surface area contributed by atoms with E-state index >= 15 is 0 Å². The lowest BCUT2D eigenvalue weighted by atomic mass is 10.0. The van der Waals surface area contributed by atoms with Crippen LogP contribution in [0, 0.1) is 0 Å². The van der Waals surface area contributed by atoms with Gasteiger partial charge in [-0.25, -0.2) is 0 Å². The van der Waals surface area contributed by atoms with Crippen LogP contribution in [0.15, 0.2) is 237 Å². The maximum atomic E-state index is 2.56. The van der Waals surface area contributed by atoms with E-state index in [0.29, 0.717) is 0 Å². The molecule has 0 bridgehead atoms. The van der Waals surface area contributed by atoms with Gasteiger partial charge in [0.1, 0.15) is 0 Å². The van der Waals surface area contributed by atoms with E-state index in [0.717, 1.165) is 17.1 Å². The number of nitrogens with zero attached hydrogens (tertiary/aromatic N) is 3. The molecule has 0 aliphatic heterocycles. The molecule has 16 aromatic rings. The molecule has 0 N–H and O–H groups in total. The quantitative estimate of drug-likeness (QED) is 0.163. The number of rotatable bonds is 5. The number of benzene rings is 11. The highest BCUT2D eigenvalue weighted by Gasteiger charge is 2.25. The van der Waals surface area contributed by atoms with Crippen molar-refractivity contribution in [1.29, 1.82) is 0 Å². The minimum atomic E-state index is 1.14. The van der Waals surface area contributed by atoms with Crippen molar-refractivity contribution in [2.75, 3.05) is 0 Å². The van der Waals surface area contributed by atoms with Crippen molar-refractivity contribution >= 4 is 128 Å². The average molecular weight is 938 g/mol. The molecule has 5 heteroatoms. The summed E-state index contributed by atoms with van der Waals surface area (Å²) in [7, 11) is 0. The highest BCUT2D eigenvalue weighted by atomic mass is 32.1. The molecule has 0 spiro atoms. The molecule has 0 saturated heterocycles. The Kier molecular flexibility index (Phi) is 8.20. The first-order valence-corrected chi connectivity index (χ1v) is 25.9. The molecular formula is C66H39N3S2. The van der Waals surface area contributed by atoms with Crippen LogP contribution in [0.4, 0.5) is 0 Å². The van der Waals surface area contributed by atoms with E-state index in [1.165, 1.54) is 128 Å². The van der Waals surface area contributed by atoms with Gasteiger partial charge in [-0.3, -0.25) is 0 Å². The van der Waals surface area contributed by atoms with Crippen molar-refractivity contribution < 1.29 is 0 Å². The molecule has 0 fully saturated rings. The topological polar surface area (TPSA) is 14.8 Å². The smallest absolute Gasteiger partial charge is 0.0641 e. The molecule has 0 aliphatic carbocycles. The zero-order valence-electron chi connectivity index (χ0n) is 38.2. The average Bonchev–Trinajstić information content (AvgIpc) is 4.25. The fourth-order valence-electron chi connectivity index (χ4n) is 12.0. The summed E-state index contributed by atoms with van der Waals surface area (Å²) < 4.78 is 12.8. The van der Waals surface area contributed by atoms with E-state index < -0.39 is 0 Å². The predicted molar refractivity (Wildman–Crippen MR) is 306 cm³/mol. The Hall–Kier alpha value is -8.74. The first-order valence-electron chi connectivity index (χ1n) is 24.3. The van der Waals surface area contributed by atoms with Crippen LogP contribution in [0.1, 0.15) is 0 Å². The van der Waals surface area contributed by atoms with Crippen LogP contribution >= 0.6 is 22.7 Å². The number of hydrogen-bond donors (Lipinski definition) is 0. The van der Waals surface area contributed by atoms with Gasteiger partial charge in [0, 0.05) is 89.7 Å². The maximum Gasteiger partial charge on any atom is 0.0641 e. The lowest BCUT2D eigenvalue weighted by molar-refractivity contribution is 1.17. The summed E-state index contributed by atoms with van der Waals surface area (Å²) >= 11 is 3.77. The maximum absolute atomic E-state index is 2.56.